The van der Waals surface area contributed by atoms with E-state index in [1.165, 1.54) is 12.8 Å². The fourth-order valence-electron chi connectivity index (χ4n) is 3.16. The van der Waals surface area contributed by atoms with Crippen molar-refractivity contribution in [2.24, 2.45) is 5.92 Å². The van der Waals surface area contributed by atoms with Gasteiger partial charge in [0.2, 0.25) is 0 Å². The number of ether oxygens (including phenoxy) is 1. The van der Waals surface area contributed by atoms with Crippen molar-refractivity contribution in [3.8, 4) is 0 Å². The van der Waals surface area contributed by atoms with Crippen molar-refractivity contribution >= 4 is 6.09 Å². The minimum Gasteiger partial charge on any atom is -0.444 e. The lowest BCUT2D eigenvalue weighted by Crippen LogP contribution is -2.47. The van der Waals surface area contributed by atoms with Gasteiger partial charge >= 0.3 is 6.09 Å². The Bertz CT molecular complexity index is 347. The quantitative estimate of drug-likeness (QED) is 0.641. The van der Waals surface area contributed by atoms with Crippen molar-refractivity contribution in [2.75, 3.05) is 13.1 Å². The summed E-state index contributed by atoms with van der Waals surface area (Å²) in [6, 6.07) is 1.35. The first-order valence-corrected chi connectivity index (χ1v) is 9.12. The summed E-state index contributed by atoms with van der Waals surface area (Å²) in [4.78, 5) is 11.8. The molecule has 0 saturated carbocycles. The molecule has 1 heterocycles. The van der Waals surface area contributed by atoms with Crippen LogP contribution in [0.3, 0.4) is 0 Å². The normalized spacial score (nSPS) is 21.3. The summed E-state index contributed by atoms with van der Waals surface area (Å²) >= 11 is 0. The van der Waals surface area contributed by atoms with Crippen LogP contribution in [0.2, 0.25) is 0 Å². The van der Waals surface area contributed by atoms with E-state index >= 15 is 0 Å². The molecule has 0 bridgehead atoms. The molecule has 3 atom stereocenters. The van der Waals surface area contributed by atoms with Gasteiger partial charge in [-0.15, -0.1) is 0 Å². The highest BCUT2D eigenvalue weighted by atomic mass is 16.6. The van der Waals surface area contributed by atoms with E-state index in [9.17, 15) is 4.79 Å². The first kappa shape index (κ1) is 20.2. The molecule has 1 saturated heterocycles. The van der Waals surface area contributed by atoms with Gasteiger partial charge in [0.25, 0.3) is 0 Å². The Morgan fingerprint density at radius 1 is 1.30 bits per heavy atom. The summed E-state index contributed by atoms with van der Waals surface area (Å²) in [5, 5.41) is 10.1. The predicted molar refractivity (Wildman–Crippen MR) is 95.7 cm³/mol. The molecule has 0 aliphatic carbocycles. The molecule has 3 N–H and O–H groups in total. The number of amides is 1. The molecule has 0 aromatic heterocycles. The maximum absolute atomic E-state index is 11.8. The number of hydrogen-bond acceptors (Lipinski definition) is 4. The Morgan fingerprint density at radius 2 is 2.00 bits per heavy atom. The van der Waals surface area contributed by atoms with Crippen LogP contribution in [-0.4, -0.2) is 42.9 Å². The molecule has 1 amide bonds. The molecule has 0 aromatic carbocycles. The number of hydrogen-bond donors (Lipinski definition) is 3. The topological polar surface area (TPSA) is 62.4 Å². The van der Waals surface area contributed by atoms with Crippen LogP contribution in [0.15, 0.2) is 0 Å². The summed E-state index contributed by atoms with van der Waals surface area (Å²) in [5.74, 6) is 0.588. The van der Waals surface area contributed by atoms with Crippen molar-refractivity contribution in [1.82, 2.24) is 16.0 Å². The molecule has 1 aliphatic heterocycles. The molecule has 1 aliphatic rings. The number of alkyl carbamates (subject to hydrolysis) is 1. The lowest BCUT2D eigenvalue weighted by molar-refractivity contribution is 0.0519. The van der Waals surface area contributed by atoms with E-state index in [0.29, 0.717) is 24.5 Å². The summed E-state index contributed by atoms with van der Waals surface area (Å²) < 4.78 is 5.32. The Kier molecular flexibility index (Phi) is 8.34. The smallest absolute Gasteiger partial charge is 0.407 e. The lowest BCUT2D eigenvalue weighted by Gasteiger charge is -2.27. The van der Waals surface area contributed by atoms with Gasteiger partial charge < -0.3 is 20.7 Å². The van der Waals surface area contributed by atoms with Gasteiger partial charge in [0.15, 0.2) is 0 Å². The van der Waals surface area contributed by atoms with E-state index in [2.05, 4.69) is 36.7 Å². The fraction of sp³-hybridized carbons (Fsp3) is 0.944. The first-order chi connectivity index (χ1) is 10.7. The van der Waals surface area contributed by atoms with Gasteiger partial charge in [-0.3, -0.25) is 0 Å². The maximum atomic E-state index is 11.8. The van der Waals surface area contributed by atoms with Crippen molar-refractivity contribution < 1.29 is 9.53 Å². The van der Waals surface area contributed by atoms with Crippen LogP contribution >= 0.6 is 0 Å². The molecule has 3 unspecified atom stereocenters. The highest BCUT2D eigenvalue weighted by Gasteiger charge is 2.21. The Labute approximate surface area is 142 Å². The Hall–Kier alpha value is -0.810. The van der Waals surface area contributed by atoms with Gasteiger partial charge in [0.05, 0.1) is 0 Å². The zero-order chi connectivity index (χ0) is 17.5. The maximum Gasteiger partial charge on any atom is 0.407 e. The van der Waals surface area contributed by atoms with Crippen molar-refractivity contribution in [3.05, 3.63) is 0 Å². The zero-order valence-electron chi connectivity index (χ0n) is 15.9. The minimum absolute atomic E-state index is 0.277. The molecule has 5 nitrogen and oxygen atoms in total. The van der Waals surface area contributed by atoms with Gasteiger partial charge in [0, 0.05) is 24.7 Å². The summed E-state index contributed by atoms with van der Waals surface area (Å²) in [5.41, 5.74) is -0.452. The SMILES string of the molecule is CC(C)CC(CNC(=O)OC(C)(C)C)NC(C)CC1CCCN1. The summed E-state index contributed by atoms with van der Waals surface area (Å²) in [6.45, 7) is 14.1. The number of nitrogens with one attached hydrogen (secondary N) is 3. The molecule has 0 radical (unpaired) electrons. The largest absolute Gasteiger partial charge is 0.444 e. The molecule has 0 spiro atoms. The zero-order valence-corrected chi connectivity index (χ0v) is 15.9. The number of carbonyl (C=O) groups is 1. The number of rotatable bonds is 8. The molecular weight excluding hydrogens is 290 g/mol. The molecule has 136 valence electrons. The highest BCUT2D eigenvalue weighted by Crippen LogP contribution is 2.13. The van der Waals surface area contributed by atoms with Crippen LogP contribution < -0.4 is 16.0 Å². The Morgan fingerprint density at radius 3 is 2.52 bits per heavy atom. The van der Waals surface area contributed by atoms with Crippen molar-refractivity contribution in [1.29, 1.82) is 0 Å². The van der Waals surface area contributed by atoms with Crippen LogP contribution in [-0.2, 0) is 4.74 Å². The third-order valence-electron chi connectivity index (χ3n) is 3.97. The highest BCUT2D eigenvalue weighted by molar-refractivity contribution is 5.67. The minimum atomic E-state index is -0.452. The van der Waals surface area contributed by atoms with Crippen LogP contribution in [0.25, 0.3) is 0 Å². The van der Waals surface area contributed by atoms with Gasteiger partial charge in [-0.2, -0.15) is 0 Å². The van der Waals surface area contributed by atoms with E-state index < -0.39 is 5.60 Å². The fourth-order valence-corrected chi connectivity index (χ4v) is 3.16. The lowest BCUT2D eigenvalue weighted by atomic mass is 10.0. The van der Waals surface area contributed by atoms with E-state index in [4.69, 9.17) is 4.74 Å². The van der Waals surface area contributed by atoms with Gasteiger partial charge in [0.1, 0.15) is 5.60 Å². The van der Waals surface area contributed by atoms with Crippen LogP contribution in [0.5, 0.6) is 0 Å². The molecule has 0 aromatic rings. The molecule has 1 fully saturated rings. The van der Waals surface area contributed by atoms with Crippen LogP contribution in [0.1, 0.15) is 67.2 Å². The summed E-state index contributed by atoms with van der Waals surface area (Å²) in [7, 11) is 0. The second-order valence-electron chi connectivity index (χ2n) is 8.31. The van der Waals surface area contributed by atoms with E-state index in [-0.39, 0.29) is 12.1 Å². The van der Waals surface area contributed by atoms with Crippen molar-refractivity contribution in [2.45, 2.75) is 91.0 Å². The van der Waals surface area contributed by atoms with Crippen LogP contribution in [0.4, 0.5) is 4.79 Å². The average molecular weight is 328 g/mol. The second kappa shape index (κ2) is 9.48. The predicted octanol–water partition coefficient (Wildman–Crippen LogP) is 3.05. The van der Waals surface area contributed by atoms with Gasteiger partial charge in [-0.25, -0.2) is 4.79 Å². The standard InChI is InChI=1S/C18H37N3O2/c1-13(2)10-16(12-20-17(22)23-18(4,5)6)21-14(3)11-15-8-7-9-19-15/h13-16,19,21H,7-12H2,1-6H3,(H,20,22). The molecule has 5 heteroatoms. The molecule has 1 rings (SSSR count). The van der Waals surface area contributed by atoms with Gasteiger partial charge in [-0.05, 0) is 65.8 Å². The van der Waals surface area contributed by atoms with E-state index in [1.807, 2.05) is 20.8 Å². The van der Waals surface area contributed by atoms with Gasteiger partial charge in [-0.1, -0.05) is 13.8 Å². The Balaban J connectivity index is 2.39. The van der Waals surface area contributed by atoms with E-state index in [0.717, 1.165) is 19.4 Å². The average Bonchev–Trinajstić information content (AvgIpc) is 2.85. The molecule has 23 heavy (non-hydrogen) atoms. The monoisotopic (exact) mass is 327 g/mol. The second-order valence-corrected chi connectivity index (χ2v) is 8.31. The summed E-state index contributed by atoms with van der Waals surface area (Å²) in [6.07, 6.45) is 4.40. The van der Waals surface area contributed by atoms with E-state index in [1.54, 1.807) is 0 Å². The number of carbonyl (C=O) groups excluding carboxylic acids is 1. The molecular formula is C18H37N3O2. The first-order valence-electron chi connectivity index (χ1n) is 9.12. The third kappa shape index (κ3) is 9.82. The third-order valence-corrected chi connectivity index (χ3v) is 3.97. The van der Waals surface area contributed by atoms with Crippen molar-refractivity contribution in [3.63, 3.8) is 0 Å². The van der Waals surface area contributed by atoms with Crippen LogP contribution in [0, 0.1) is 5.92 Å².